The summed E-state index contributed by atoms with van der Waals surface area (Å²) in [5, 5.41) is 0. The molecule has 0 saturated heterocycles. The van der Waals surface area contributed by atoms with Crippen molar-refractivity contribution in [2.45, 2.75) is 64.2 Å². The van der Waals surface area contributed by atoms with Crippen LogP contribution in [-0.2, 0) is 0 Å². The number of hydrogen-bond donors (Lipinski definition) is 0. The van der Waals surface area contributed by atoms with Crippen molar-refractivity contribution in [3.05, 3.63) is 0 Å². The van der Waals surface area contributed by atoms with Crippen LogP contribution in [0, 0.1) is 11.8 Å². The lowest BCUT2D eigenvalue weighted by molar-refractivity contribution is 0.559. The van der Waals surface area contributed by atoms with Crippen LogP contribution in [0.1, 0.15) is 64.2 Å². The maximum atomic E-state index is 1.58. The summed E-state index contributed by atoms with van der Waals surface area (Å²) < 4.78 is 0. The van der Waals surface area contributed by atoms with E-state index in [0.29, 0.717) is 0 Å². The third-order valence-electron chi connectivity index (χ3n) is 3.72. The van der Waals surface area contributed by atoms with E-state index in [-0.39, 0.29) is 0 Å². The molecule has 2 fully saturated rings. The Balaban J connectivity index is 1.70. The Kier molecular flexibility index (Phi) is 3.08. The highest BCUT2D eigenvalue weighted by molar-refractivity contribution is 4.85. The van der Waals surface area contributed by atoms with Crippen molar-refractivity contribution >= 4 is 0 Å². The Hall–Kier alpha value is 0. The molecule has 2 aliphatic carbocycles. The second-order valence-corrected chi connectivity index (χ2v) is 4.81. The van der Waals surface area contributed by atoms with Crippen LogP contribution in [0.25, 0.3) is 0 Å². The molecule has 70 valence electrons. The minimum atomic E-state index is 1.17. The third kappa shape index (κ3) is 2.50. The Morgan fingerprint density at radius 2 is 0.917 bits per heavy atom. The number of fused-ring (bicyclic) bond motifs is 1. The van der Waals surface area contributed by atoms with Gasteiger partial charge in [0.15, 0.2) is 0 Å². The molecular formula is C12H22. The Morgan fingerprint density at radius 1 is 0.500 bits per heavy atom. The smallest absolute Gasteiger partial charge is 0.0383 e. The summed E-state index contributed by atoms with van der Waals surface area (Å²) in [6, 6.07) is 0. The Labute approximate surface area is 76.7 Å². The van der Waals surface area contributed by atoms with Gasteiger partial charge in [-0.05, 0) is 18.3 Å². The molecule has 2 saturated carbocycles. The van der Waals surface area contributed by atoms with Crippen molar-refractivity contribution < 1.29 is 0 Å². The van der Waals surface area contributed by atoms with E-state index < -0.39 is 0 Å². The standard InChI is InChI=1S/C12H22/c1-2-4-6-8-11-10-12(11)9-7-5-3-1/h11-12H,1-10H2/t11-,12+. The molecule has 2 aliphatic rings. The lowest BCUT2D eigenvalue weighted by Gasteiger charge is -1.98. The average Bonchev–Trinajstić information content (AvgIpc) is 2.78. The summed E-state index contributed by atoms with van der Waals surface area (Å²) >= 11 is 0. The van der Waals surface area contributed by atoms with Crippen LogP contribution in [-0.4, -0.2) is 0 Å². The van der Waals surface area contributed by atoms with Crippen molar-refractivity contribution in [3.8, 4) is 0 Å². The van der Waals surface area contributed by atoms with Gasteiger partial charge in [0.25, 0.3) is 0 Å². The van der Waals surface area contributed by atoms with E-state index in [4.69, 9.17) is 0 Å². The fraction of sp³-hybridized carbons (Fsp3) is 1.00. The minimum absolute atomic E-state index is 1.17. The summed E-state index contributed by atoms with van der Waals surface area (Å²) in [5.74, 6) is 2.34. The van der Waals surface area contributed by atoms with Gasteiger partial charge in [-0.2, -0.15) is 0 Å². The van der Waals surface area contributed by atoms with Crippen LogP contribution in [0.15, 0.2) is 0 Å². The minimum Gasteiger partial charge on any atom is -0.0533 e. The highest BCUT2D eigenvalue weighted by Gasteiger charge is 2.35. The normalized spacial score (nSPS) is 38.0. The van der Waals surface area contributed by atoms with Gasteiger partial charge in [-0.1, -0.05) is 57.8 Å². The van der Waals surface area contributed by atoms with Gasteiger partial charge in [0, 0.05) is 0 Å². The summed E-state index contributed by atoms with van der Waals surface area (Å²) in [4.78, 5) is 0. The van der Waals surface area contributed by atoms with E-state index in [1.807, 2.05) is 0 Å². The molecule has 0 amide bonds. The molecule has 0 nitrogen and oxygen atoms in total. The number of rotatable bonds is 0. The van der Waals surface area contributed by atoms with Crippen LogP contribution in [0.3, 0.4) is 0 Å². The van der Waals surface area contributed by atoms with E-state index in [0.717, 1.165) is 0 Å². The molecule has 0 N–H and O–H groups in total. The second-order valence-electron chi connectivity index (χ2n) is 4.81. The molecule has 2 rings (SSSR count). The highest BCUT2D eigenvalue weighted by Crippen LogP contribution is 2.46. The summed E-state index contributed by atoms with van der Waals surface area (Å²) in [6.07, 6.45) is 15.3. The molecule has 0 aromatic carbocycles. The van der Waals surface area contributed by atoms with Crippen molar-refractivity contribution in [2.75, 3.05) is 0 Å². The maximum absolute atomic E-state index is 1.58. The first-order valence-electron chi connectivity index (χ1n) is 5.97. The van der Waals surface area contributed by atoms with Gasteiger partial charge < -0.3 is 0 Å². The predicted molar refractivity (Wildman–Crippen MR) is 53.2 cm³/mol. The largest absolute Gasteiger partial charge is 0.0533 e. The molecule has 0 bridgehead atoms. The molecular weight excluding hydrogens is 144 g/mol. The second kappa shape index (κ2) is 4.30. The average molecular weight is 166 g/mol. The van der Waals surface area contributed by atoms with Crippen LogP contribution in [0.4, 0.5) is 0 Å². The molecule has 0 unspecified atom stereocenters. The lowest BCUT2D eigenvalue weighted by atomic mass is 10.1. The summed E-state index contributed by atoms with van der Waals surface area (Å²) in [5.41, 5.74) is 0. The van der Waals surface area contributed by atoms with Crippen LogP contribution in [0.5, 0.6) is 0 Å². The summed E-state index contributed by atoms with van der Waals surface area (Å²) in [7, 11) is 0. The Bertz CT molecular complexity index is 114. The zero-order valence-electron chi connectivity index (χ0n) is 8.23. The quantitative estimate of drug-likeness (QED) is 0.507. The third-order valence-corrected chi connectivity index (χ3v) is 3.72. The van der Waals surface area contributed by atoms with Gasteiger partial charge >= 0.3 is 0 Å². The zero-order valence-corrected chi connectivity index (χ0v) is 8.23. The molecule has 0 aromatic heterocycles. The van der Waals surface area contributed by atoms with Crippen LogP contribution in [0.2, 0.25) is 0 Å². The molecule has 0 aliphatic heterocycles. The van der Waals surface area contributed by atoms with Crippen molar-refractivity contribution in [2.24, 2.45) is 11.8 Å². The van der Waals surface area contributed by atoms with E-state index >= 15 is 0 Å². The van der Waals surface area contributed by atoms with E-state index in [2.05, 4.69) is 0 Å². The zero-order chi connectivity index (χ0) is 8.23. The number of hydrogen-bond acceptors (Lipinski definition) is 0. The first kappa shape index (κ1) is 8.59. The molecule has 0 heteroatoms. The van der Waals surface area contributed by atoms with Gasteiger partial charge in [-0.25, -0.2) is 0 Å². The van der Waals surface area contributed by atoms with Crippen molar-refractivity contribution in [3.63, 3.8) is 0 Å². The fourth-order valence-corrected chi connectivity index (χ4v) is 2.71. The van der Waals surface area contributed by atoms with Gasteiger partial charge in [0.2, 0.25) is 0 Å². The molecule has 12 heavy (non-hydrogen) atoms. The molecule has 0 spiro atoms. The van der Waals surface area contributed by atoms with Gasteiger partial charge in [-0.15, -0.1) is 0 Å². The topological polar surface area (TPSA) is 0 Å². The molecule has 2 atom stereocenters. The first-order chi connectivity index (χ1) is 5.97. The highest BCUT2D eigenvalue weighted by atomic mass is 14.4. The van der Waals surface area contributed by atoms with Crippen molar-refractivity contribution in [1.29, 1.82) is 0 Å². The maximum Gasteiger partial charge on any atom is -0.0383 e. The van der Waals surface area contributed by atoms with Gasteiger partial charge in [0.1, 0.15) is 0 Å². The van der Waals surface area contributed by atoms with Crippen LogP contribution >= 0.6 is 0 Å². The molecule has 0 heterocycles. The predicted octanol–water partition coefficient (Wildman–Crippen LogP) is 4.15. The van der Waals surface area contributed by atoms with Crippen LogP contribution < -0.4 is 0 Å². The SMILES string of the molecule is C1CCCC[C@@H]2C[C@@H]2CCCC1. The monoisotopic (exact) mass is 166 g/mol. The Morgan fingerprint density at radius 3 is 1.42 bits per heavy atom. The lowest BCUT2D eigenvalue weighted by Crippen LogP contribution is -1.83. The van der Waals surface area contributed by atoms with Gasteiger partial charge in [0.05, 0.1) is 0 Å². The van der Waals surface area contributed by atoms with Crippen molar-refractivity contribution in [1.82, 2.24) is 0 Å². The van der Waals surface area contributed by atoms with Gasteiger partial charge in [-0.3, -0.25) is 0 Å². The van der Waals surface area contributed by atoms with E-state index in [1.165, 1.54) is 56.8 Å². The summed E-state index contributed by atoms with van der Waals surface area (Å²) in [6.45, 7) is 0. The van der Waals surface area contributed by atoms with E-state index in [9.17, 15) is 0 Å². The molecule has 0 radical (unpaired) electrons. The fourth-order valence-electron chi connectivity index (χ4n) is 2.71. The van der Waals surface area contributed by atoms with E-state index in [1.54, 1.807) is 19.3 Å². The molecule has 0 aromatic rings. The first-order valence-corrected chi connectivity index (χ1v) is 5.97.